The quantitative estimate of drug-likeness (QED) is 0.0906. The fraction of sp³-hybridized carbons (Fsp3) is 0.388. The topological polar surface area (TPSA) is 257 Å². The van der Waals surface area contributed by atoms with Crippen LogP contribution in [0.3, 0.4) is 0 Å². The van der Waals surface area contributed by atoms with E-state index in [2.05, 4.69) is 45.5 Å². The lowest BCUT2D eigenvalue weighted by Crippen LogP contribution is -2.55. The molecule has 4 aromatic rings. The molecule has 2 unspecified atom stereocenters. The summed E-state index contributed by atoms with van der Waals surface area (Å²) in [6.45, 7) is 6.03. The Hall–Kier alpha value is -6.80. The minimum atomic E-state index is -1.31. The van der Waals surface area contributed by atoms with E-state index < -0.39 is 54.2 Å². The number of carbonyl (C=O) groups is 5. The summed E-state index contributed by atoms with van der Waals surface area (Å²) in [5.74, 6) is -1.26. The molecule has 1 aliphatic carbocycles. The molecule has 4 aromatic carbocycles. The van der Waals surface area contributed by atoms with Gasteiger partial charge in [0.05, 0.1) is 12.6 Å². The van der Waals surface area contributed by atoms with Crippen molar-refractivity contribution in [2.75, 3.05) is 53.0 Å². The van der Waals surface area contributed by atoms with E-state index >= 15 is 0 Å². The Balaban J connectivity index is 0.00000257. The third-order valence-electron chi connectivity index (χ3n) is 11.4. The van der Waals surface area contributed by atoms with Gasteiger partial charge < -0.3 is 52.8 Å². The highest BCUT2D eigenvalue weighted by molar-refractivity contribution is 5.99. The van der Waals surface area contributed by atoms with Gasteiger partial charge in [0.2, 0.25) is 23.6 Å². The smallest absolute Gasteiger partial charge is 0.251 e. The molecule has 10 N–H and O–H groups in total. The first kappa shape index (κ1) is 49.2. The van der Waals surface area contributed by atoms with Gasteiger partial charge in [0.25, 0.3) is 5.91 Å². The van der Waals surface area contributed by atoms with Gasteiger partial charge in [-0.05, 0) is 103 Å². The zero-order valence-corrected chi connectivity index (χ0v) is 37.5. The van der Waals surface area contributed by atoms with E-state index in [-0.39, 0.29) is 39.3 Å². The number of hydrogen-bond donors (Lipinski definition) is 7. The molecule has 6 rings (SSSR count). The summed E-state index contributed by atoms with van der Waals surface area (Å²) >= 11 is 0. The zero-order chi connectivity index (χ0) is 47.0. The van der Waals surface area contributed by atoms with Crippen molar-refractivity contribution in [1.82, 2.24) is 26.2 Å². The predicted octanol–water partition coefficient (Wildman–Crippen LogP) is 3.08. The van der Waals surface area contributed by atoms with Crippen molar-refractivity contribution >= 4 is 29.5 Å². The highest BCUT2D eigenvalue weighted by Crippen LogP contribution is 2.47. The van der Waals surface area contributed by atoms with Crippen LogP contribution in [0.15, 0.2) is 84.9 Å². The molecule has 2 aliphatic rings. The van der Waals surface area contributed by atoms with Gasteiger partial charge in [-0.3, -0.25) is 24.0 Å². The highest BCUT2D eigenvalue weighted by atomic mass is 16.5. The molecule has 4 bridgehead atoms. The number of aryl methyl sites for hydroxylation is 1. The molecule has 3 atom stereocenters. The first-order valence-electron chi connectivity index (χ1n) is 21.9. The molecule has 16 heteroatoms. The third kappa shape index (κ3) is 12.7. The van der Waals surface area contributed by atoms with E-state index in [0.717, 1.165) is 24.9 Å². The second-order valence-electron chi connectivity index (χ2n) is 16.1. The number of benzene rings is 4. The van der Waals surface area contributed by atoms with Gasteiger partial charge in [-0.1, -0.05) is 61.5 Å². The summed E-state index contributed by atoms with van der Waals surface area (Å²) in [5.41, 5.74) is 22.2. The van der Waals surface area contributed by atoms with Gasteiger partial charge >= 0.3 is 0 Å². The fourth-order valence-electron chi connectivity index (χ4n) is 7.94. The summed E-state index contributed by atoms with van der Waals surface area (Å²) in [6.07, 6.45) is 2.10. The van der Waals surface area contributed by atoms with E-state index in [0.29, 0.717) is 51.2 Å². The minimum absolute atomic E-state index is 0.0253. The number of nitrogens with zero attached hydrogens (tertiary/aromatic N) is 2. The van der Waals surface area contributed by atoms with Crippen molar-refractivity contribution < 1.29 is 33.4 Å². The van der Waals surface area contributed by atoms with Crippen LogP contribution in [0, 0.1) is 18.3 Å². The monoisotopic (exact) mass is 887 g/mol. The number of rotatable bonds is 14. The Labute approximate surface area is 380 Å². The summed E-state index contributed by atoms with van der Waals surface area (Å²) < 4.78 is 12.1. The van der Waals surface area contributed by atoms with Gasteiger partial charge in [-0.25, -0.2) is 0 Å². The Morgan fingerprint density at radius 3 is 2.05 bits per heavy atom. The number of nitrogens with two attached hydrogens (primary N) is 3. The van der Waals surface area contributed by atoms with Gasteiger partial charge in [-0.2, -0.15) is 5.26 Å². The van der Waals surface area contributed by atoms with Crippen LogP contribution in [-0.4, -0.2) is 99.5 Å². The molecule has 1 fully saturated rings. The summed E-state index contributed by atoms with van der Waals surface area (Å²) in [7, 11) is 1.44. The molecule has 0 radical (unpaired) electrons. The molecule has 0 aromatic heterocycles. The highest BCUT2D eigenvalue weighted by Gasteiger charge is 2.34. The molecular weight excluding hydrogens is 827 g/mol. The first-order valence-corrected chi connectivity index (χ1v) is 21.9. The largest absolute Gasteiger partial charge is 0.492 e. The van der Waals surface area contributed by atoms with Gasteiger partial charge in [0, 0.05) is 43.2 Å². The Morgan fingerprint density at radius 1 is 0.800 bits per heavy atom. The van der Waals surface area contributed by atoms with Crippen LogP contribution in [-0.2, 0) is 25.6 Å². The Morgan fingerprint density at radius 2 is 1.42 bits per heavy atom. The lowest BCUT2D eigenvalue weighted by molar-refractivity contribution is -0.139. The Bertz CT molecular complexity index is 2350. The van der Waals surface area contributed by atoms with Crippen LogP contribution in [0.5, 0.6) is 11.5 Å². The average molecular weight is 888 g/mol. The van der Waals surface area contributed by atoms with Gasteiger partial charge in [0.1, 0.15) is 49.4 Å². The summed E-state index contributed by atoms with van der Waals surface area (Å²) in [6, 6.07) is 24.8. The van der Waals surface area contributed by atoms with Crippen LogP contribution in [0.1, 0.15) is 82.7 Å². The fourth-order valence-corrected chi connectivity index (χ4v) is 7.94. The van der Waals surface area contributed by atoms with Gasteiger partial charge in [0.15, 0.2) is 0 Å². The van der Waals surface area contributed by atoms with Crippen molar-refractivity contribution in [3.05, 3.63) is 118 Å². The van der Waals surface area contributed by atoms with Crippen LogP contribution in [0.4, 0.5) is 0 Å². The molecular formula is C49H61N9O7. The molecule has 65 heavy (non-hydrogen) atoms. The van der Waals surface area contributed by atoms with E-state index in [4.69, 9.17) is 31.9 Å². The third-order valence-corrected chi connectivity index (χ3v) is 11.4. The molecule has 0 saturated heterocycles. The number of amides is 5. The number of ether oxygens (including phenoxy) is 2. The van der Waals surface area contributed by atoms with E-state index in [1.807, 2.05) is 38.1 Å². The van der Waals surface area contributed by atoms with Crippen molar-refractivity contribution in [1.29, 1.82) is 5.26 Å². The van der Waals surface area contributed by atoms with E-state index in [1.165, 1.54) is 30.0 Å². The van der Waals surface area contributed by atoms with Crippen molar-refractivity contribution in [2.24, 2.45) is 17.2 Å². The lowest BCUT2D eigenvalue weighted by Gasteiger charge is -2.36. The maximum Gasteiger partial charge on any atom is 0.251 e. The van der Waals surface area contributed by atoms with E-state index in [1.54, 1.807) is 42.5 Å². The number of nitrogens with one attached hydrogen (secondary N) is 4. The zero-order valence-electron chi connectivity index (χ0n) is 37.5. The van der Waals surface area contributed by atoms with Crippen molar-refractivity contribution in [3.63, 3.8) is 0 Å². The number of likely N-dealkylation sites (N-methyl/N-ethyl adjacent to an activating group) is 1. The van der Waals surface area contributed by atoms with Crippen molar-refractivity contribution in [3.8, 4) is 28.7 Å². The molecule has 1 saturated carbocycles. The number of nitriles is 1. The minimum Gasteiger partial charge on any atom is -0.492 e. The van der Waals surface area contributed by atoms with Crippen LogP contribution in [0.2, 0.25) is 0 Å². The summed E-state index contributed by atoms with van der Waals surface area (Å²) in [4.78, 5) is 69.9. The predicted molar refractivity (Wildman–Crippen MR) is 248 cm³/mol. The number of carbonyl (C=O) groups excluding carboxylic acids is 5. The maximum atomic E-state index is 14.3. The molecule has 1 heterocycles. The van der Waals surface area contributed by atoms with Crippen molar-refractivity contribution in [2.45, 2.75) is 70.0 Å². The molecule has 344 valence electrons. The van der Waals surface area contributed by atoms with Crippen LogP contribution >= 0.6 is 0 Å². The Kier molecular flexibility index (Phi) is 18.0. The number of hydrogen-bond acceptors (Lipinski definition) is 11. The van der Waals surface area contributed by atoms with Gasteiger partial charge in [-0.15, -0.1) is 0 Å². The van der Waals surface area contributed by atoms with Crippen LogP contribution < -0.4 is 47.9 Å². The van der Waals surface area contributed by atoms with E-state index in [9.17, 15) is 24.0 Å². The number of fused-ring (bicyclic) bond motifs is 5. The standard InChI is InChI=1S/C47H54N8O7.C2H7N/c1-28-21-32(35-24-34(25-35)31-7-5-4-6-8-31)10-12-36(28)45(58)52-27-42(56)55(3)43-33-11-14-41(62-20-17-50)38(26-33)37-22-30(9-13-40(37)61-19-16-49)23-39(46(59)51-18-15-48)54-44(57)29(2)53-47(43)60;1-2-3/h4-14,21-22,26,29,34-35,39,43H,16-20,23-25,27,49-50H2,1-3H3,(H,51,59)(H,52,58)(H,53,60)(H,54,57);2-3H2,1H3/t29-,34?,35?,39?,43?;/m0./s1. The SMILES string of the molecule is CCN.Cc1cc(C2CC(c3ccccc3)C2)ccc1C(=O)NCC(=O)N(C)C1C(=O)N[C@@H](C)C(=O)NC(C(=O)NCC#N)Cc2ccc(OCCN)c(c2)-c2cc1ccc2OCCN. The molecule has 0 spiro atoms. The van der Waals surface area contributed by atoms with Crippen LogP contribution in [0.25, 0.3) is 11.1 Å². The molecule has 16 nitrogen and oxygen atoms in total. The average Bonchev–Trinajstić information content (AvgIpc) is 3.28. The molecule has 1 aliphatic heterocycles. The second-order valence-corrected chi connectivity index (χ2v) is 16.1. The maximum absolute atomic E-state index is 14.3. The first-order chi connectivity index (χ1) is 31.3. The normalized spacial score (nSPS) is 19.0. The lowest BCUT2D eigenvalue weighted by atomic mass is 9.68. The summed E-state index contributed by atoms with van der Waals surface area (Å²) in [5, 5.41) is 19.8. The second kappa shape index (κ2) is 23.8. The molecule has 5 amide bonds.